The van der Waals surface area contributed by atoms with Crippen molar-refractivity contribution in [1.29, 1.82) is 0 Å². The average Bonchev–Trinajstić information content (AvgIpc) is 2.29. The quantitative estimate of drug-likeness (QED) is 0.744. The fraction of sp³-hybridized carbons (Fsp3) is 0.500. The molecule has 0 bridgehead atoms. The summed E-state index contributed by atoms with van der Waals surface area (Å²) in [5, 5.41) is 3.22. The Hall–Kier alpha value is -1.12. The molecule has 1 N–H and O–H groups in total. The Morgan fingerprint density at radius 2 is 1.94 bits per heavy atom. The first-order chi connectivity index (χ1) is 8.52. The van der Waals surface area contributed by atoms with Crippen molar-refractivity contribution in [3.05, 3.63) is 47.5 Å². The van der Waals surface area contributed by atoms with Gasteiger partial charge in [-0.2, -0.15) is 0 Å². The molecule has 1 aromatic rings. The Morgan fingerprint density at radius 1 is 1.33 bits per heavy atom. The van der Waals surface area contributed by atoms with E-state index in [9.17, 15) is 0 Å². The number of rotatable bonds is 7. The number of nitrogens with zero attached hydrogens (tertiary/aromatic N) is 1. The standard InChI is InChI=1S/C16H26N2/c1-13(2)11-18(5)12-15-6-8-16(9-7-15)14(3)10-17-4/h6-9,14,17H,1,10-12H2,2-5H3. The summed E-state index contributed by atoms with van der Waals surface area (Å²) < 4.78 is 0. The fourth-order valence-electron chi connectivity index (χ4n) is 2.20. The molecule has 1 unspecified atom stereocenters. The van der Waals surface area contributed by atoms with E-state index in [-0.39, 0.29) is 0 Å². The molecular formula is C16H26N2. The molecule has 0 aliphatic rings. The predicted octanol–water partition coefficient (Wildman–Crippen LogP) is 3.02. The maximum Gasteiger partial charge on any atom is 0.0234 e. The maximum absolute atomic E-state index is 3.95. The SMILES string of the molecule is C=C(C)CN(C)Cc1ccc(C(C)CNC)cc1. The second-order valence-corrected chi connectivity index (χ2v) is 5.33. The fourth-order valence-corrected chi connectivity index (χ4v) is 2.20. The molecule has 0 aliphatic heterocycles. The van der Waals surface area contributed by atoms with Gasteiger partial charge in [0.05, 0.1) is 0 Å². The van der Waals surface area contributed by atoms with E-state index < -0.39 is 0 Å². The minimum absolute atomic E-state index is 0.567. The van der Waals surface area contributed by atoms with Crippen LogP contribution in [0.1, 0.15) is 30.9 Å². The Bertz CT molecular complexity index is 367. The monoisotopic (exact) mass is 246 g/mol. The van der Waals surface area contributed by atoms with Gasteiger partial charge in [0.15, 0.2) is 0 Å². The van der Waals surface area contributed by atoms with E-state index in [2.05, 4.69) is 62.0 Å². The summed E-state index contributed by atoms with van der Waals surface area (Å²) in [5.74, 6) is 0.567. The molecule has 1 atom stereocenters. The molecule has 2 nitrogen and oxygen atoms in total. The topological polar surface area (TPSA) is 15.3 Å². The largest absolute Gasteiger partial charge is 0.319 e. The third-order valence-electron chi connectivity index (χ3n) is 3.05. The van der Waals surface area contributed by atoms with Crippen molar-refractivity contribution in [3.8, 4) is 0 Å². The number of benzene rings is 1. The summed E-state index contributed by atoms with van der Waals surface area (Å²) in [7, 11) is 4.13. The van der Waals surface area contributed by atoms with Gasteiger partial charge in [-0.1, -0.05) is 43.3 Å². The van der Waals surface area contributed by atoms with Crippen molar-refractivity contribution in [1.82, 2.24) is 10.2 Å². The second kappa shape index (κ2) is 7.34. The molecule has 0 heterocycles. The Morgan fingerprint density at radius 3 is 2.44 bits per heavy atom. The van der Waals surface area contributed by atoms with Gasteiger partial charge in [0.2, 0.25) is 0 Å². The van der Waals surface area contributed by atoms with Crippen molar-refractivity contribution < 1.29 is 0 Å². The molecule has 0 fully saturated rings. The zero-order valence-electron chi connectivity index (χ0n) is 12.2. The van der Waals surface area contributed by atoms with Crippen molar-refractivity contribution in [2.75, 3.05) is 27.2 Å². The second-order valence-electron chi connectivity index (χ2n) is 5.33. The van der Waals surface area contributed by atoms with Gasteiger partial charge >= 0.3 is 0 Å². The average molecular weight is 246 g/mol. The maximum atomic E-state index is 3.95. The van der Waals surface area contributed by atoms with E-state index in [1.807, 2.05) is 7.05 Å². The van der Waals surface area contributed by atoms with Crippen LogP contribution in [0.5, 0.6) is 0 Å². The molecule has 100 valence electrons. The molecule has 1 aromatic carbocycles. The third kappa shape index (κ3) is 5.03. The van der Waals surface area contributed by atoms with Crippen LogP contribution in [-0.2, 0) is 6.54 Å². The van der Waals surface area contributed by atoms with E-state index in [1.165, 1.54) is 16.7 Å². The van der Waals surface area contributed by atoms with Crippen LogP contribution >= 0.6 is 0 Å². The minimum Gasteiger partial charge on any atom is -0.319 e. The summed E-state index contributed by atoms with van der Waals surface area (Å²) in [6.45, 7) is 11.2. The van der Waals surface area contributed by atoms with Crippen LogP contribution in [0.15, 0.2) is 36.4 Å². The number of hydrogen-bond donors (Lipinski definition) is 1. The molecule has 0 spiro atoms. The Kier molecular flexibility index (Phi) is 6.10. The normalized spacial score (nSPS) is 12.7. The lowest BCUT2D eigenvalue weighted by Crippen LogP contribution is -2.19. The van der Waals surface area contributed by atoms with Crippen LogP contribution in [0.4, 0.5) is 0 Å². The predicted molar refractivity (Wildman–Crippen MR) is 79.9 cm³/mol. The zero-order chi connectivity index (χ0) is 13.5. The van der Waals surface area contributed by atoms with E-state index in [0.29, 0.717) is 5.92 Å². The molecule has 0 aliphatic carbocycles. The molecule has 18 heavy (non-hydrogen) atoms. The van der Waals surface area contributed by atoms with E-state index in [1.54, 1.807) is 0 Å². The summed E-state index contributed by atoms with van der Waals surface area (Å²) in [4.78, 5) is 2.29. The highest BCUT2D eigenvalue weighted by Crippen LogP contribution is 2.15. The third-order valence-corrected chi connectivity index (χ3v) is 3.05. The summed E-state index contributed by atoms with van der Waals surface area (Å²) in [6, 6.07) is 8.95. The van der Waals surface area contributed by atoms with Gasteiger partial charge in [-0.15, -0.1) is 0 Å². The highest BCUT2D eigenvalue weighted by atomic mass is 15.1. The summed E-state index contributed by atoms with van der Waals surface area (Å²) in [6.07, 6.45) is 0. The van der Waals surface area contributed by atoms with Gasteiger partial charge in [0.25, 0.3) is 0 Å². The molecule has 2 heteroatoms. The van der Waals surface area contributed by atoms with Crippen molar-refractivity contribution >= 4 is 0 Å². The van der Waals surface area contributed by atoms with Crippen LogP contribution in [0, 0.1) is 0 Å². The summed E-state index contributed by atoms with van der Waals surface area (Å²) in [5.41, 5.74) is 3.96. The van der Waals surface area contributed by atoms with Crippen molar-refractivity contribution in [2.45, 2.75) is 26.3 Å². The lowest BCUT2D eigenvalue weighted by atomic mass is 10.00. The minimum atomic E-state index is 0.567. The van der Waals surface area contributed by atoms with Gasteiger partial charge in [0.1, 0.15) is 0 Å². The van der Waals surface area contributed by atoms with Crippen molar-refractivity contribution in [3.63, 3.8) is 0 Å². The smallest absolute Gasteiger partial charge is 0.0234 e. The molecule has 0 amide bonds. The van der Waals surface area contributed by atoms with E-state index in [4.69, 9.17) is 0 Å². The molecule has 0 radical (unpaired) electrons. The number of likely N-dealkylation sites (N-methyl/N-ethyl adjacent to an activating group) is 2. The highest BCUT2D eigenvalue weighted by Gasteiger charge is 2.05. The van der Waals surface area contributed by atoms with Crippen LogP contribution < -0.4 is 5.32 Å². The lowest BCUT2D eigenvalue weighted by Gasteiger charge is -2.17. The van der Waals surface area contributed by atoms with Gasteiger partial charge in [-0.3, -0.25) is 4.90 Å². The first-order valence-electron chi connectivity index (χ1n) is 6.59. The van der Waals surface area contributed by atoms with Crippen molar-refractivity contribution in [2.24, 2.45) is 0 Å². The van der Waals surface area contributed by atoms with Crippen LogP contribution in [0.2, 0.25) is 0 Å². The molecule has 0 aromatic heterocycles. The molecule has 0 saturated heterocycles. The van der Waals surface area contributed by atoms with Gasteiger partial charge in [-0.25, -0.2) is 0 Å². The zero-order valence-corrected chi connectivity index (χ0v) is 12.2. The first-order valence-corrected chi connectivity index (χ1v) is 6.59. The van der Waals surface area contributed by atoms with E-state index in [0.717, 1.165) is 19.6 Å². The van der Waals surface area contributed by atoms with Crippen LogP contribution in [0.25, 0.3) is 0 Å². The molecule has 1 rings (SSSR count). The number of nitrogens with one attached hydrogen (secondary N) is 1. The van der Waals surface area contributed by atoms with E-state index >= 15 is 0 Å². The van der Waals surface area contributed by atoms with Gasteiger partial charge in [0, 0.05) is 19.6 Å². The van der Waals surface area contributed by atoms with Gasteiger partial charge in [-0.05, 0) is 38.1 Å². The lowest BCUT2D eigenvalue weighted by molar-refractivity contribution is 0.355. The number of hydrogen-bond acceptors (Lipinski definition) is 2. The first kappa shape index (κ1) is 14.9. The molecular weight excluding hydrogens is 220 g/mol. The van der Waals surface area contributed by atoms with Crippen LogP contribution in [-0.4, -0.2) is 32.1 Å². The van der Waals surface area contributed by atoms with Crippen LogP contribution in [0.3, 0.4) is 0 Å². The highest BCUT2D eigenvalue weighted by molar-refractivity contribution is 5.25. The van der Waals surface area contributed by atoms with Gasteiger partial charge < -0.3 is 5.32 Å². The summed E-state index contributed by atoms with van der Waals surface area (Å²) >= 11 is 0. The molecule has 0 saturated carbocycles. The Balaban J connectivity index is 2.57. The Labute approximate surface area is 112 Å².